The number of ether oxygens (including phenoxy) is 2. The van der Waals surface area contributed by atoms with Crippen LogP contribution >= 0.6 is 23.5 Å². The number of methoxy groups -OCH3 is 1. The molecule has 1 atom stereocenters. The van der Waals surface area contributed by atoms with Gasteiger partial charge in [0.05, 0.1) is 19.5 Å². The summed E-state index contributed by atoms with van der Waals surface area (Å²) >= 11 is 2.83. The fourth-order valence-corrected chi connectivity index (χ4v) is 4.32. The number of benzene rings is 1. The zero-order valence-electron chi connectivity index (χ0n) is 17.0. The van der Waals surface area contributed by atoms with Gasteiger partial charge in [-0.05, 0) is 43.7 Å². The molecule has 0 N–H and O–H groups in total. The van der Waals surface area contributed by atoms with Crippen molar-refractivity contribution in [2.24, 2.45) is 0 Å². The highest BCUT2D eigenvalue weighted by Gasteiger charge is 2.24. The van der Waals surface area contributed by atoms with Gasteiger partial charge in [-0.25, -0.2) is 9.97 Å². The van der Waals surface area contributed by atoms with Gasteiger partial charge in [-0.3, -0.25) is 9.36 Å². The van der Waals surface area contributed by atoms with Crippen molar-refractivity contribution < 1.29 is 14.3 Å². The van der Waals surface area contributed by atoms with Crippen LogP contribution in [-0.2, 0) is 15.3 Å². The number of nitrogens with zero attached hydrogens (tertiary/aromatic N) is 5. The van der Waals surface area contributed by atoms with E-state index < -0.39 is 0 Å². The molecule has 3 rings (SSSR count). The van der Waals surface area contributed by atoms with E-state index >= 15 is 0 Å². The third kappa shape index (κ3) is 5.51. The van der Waals surface area contributed by atoms with Gasteiger partial charge in [-0.15, -0.1) is 10.2 Å². The quantitative estimate of drug-likeness (QED) is 0.262. The highest BCUT2D eigenvalue weighted by molar-refractivity contribution is 8.00. The lowest BCUT2D eigenvalue weighted by atomic mass is 10.3. The molecule has 0 saturated heterocycles. The second kappa shape index (κ2) is 11.0. The van der Waals surface area contributed by atoms with E-state index in [1.165, 1.54) is 23.5 Å². The molecule has 158 valence electrons. The van der Waals surface area contributed by atoms with Crippen molar-refractivity contribution in [1.82, 2.24) is 24.7 Å². The van der Waals surface area contributed by atoms with Crippen LogP contribution in [0.2, 0.25) is 0 Å². The van der Waals surface area contributed by atoms with Crippen molar-refractivity contribution in [3.05, 3.63) is 48.5 Å². The monoisotopic (exact) mass is 445 g/mol. The summed E-state index contributed by atoms with van der Waals surface area (Å²) in [5, 5.41) is 9.67. The molecule has 2 heterocycles. The number of carbonyl (C=O) groups is 1. The van der Waals surface area contributed by atoms with Gasteiger partial charge in [0.15, 0.2) is 10.3 Å². The summed E-state index contributed by atoms with van der Waals surface area (Å²) in [6, 6.07) is 9.40. The number of aromatic nitrogens is 5. The molecule has 0 bridgehead atoms. The average Bonchev–Trinajstić information content (AvgIpc) is 3.19. The highest BCUT2D eigenvalue weighted by Crippen LogP contribution is 2.30. The number of esters is 1. The lowest BCUT2D eigenvalue weighted by molar-refractivity contribution is -0.142. The molecule has 2 aromatic heterocycles. The molecule has 0 aliphatic carbocycles. The molecule has 30 heavy (non-hydrogen) atoms. The Labute approximate surface area is 183 Å². The van der Waals surface area contributed by atoms with Crippen molar-refractivity contribution in [3.63, 3.8) is 0 Å². The summed E-state index contributed by atoms with van der Waals surface area (Å²) in [6.45, 7) is 4.10. The lowest BCUT2D eigenvalue weighted by Gasteiger charge is -2.15. The van der Waals surface area contributed by atoms with Gasteiger partial charge in [0.2, 0.25) is 0 Å². The third-order valence-corrected chi connectivity index (χ3v) is 6.23. The van der Waals surface area contributed by atoms with Crippen LogP contribution in [0.5, 0.6) is 5.75 Å². The molecule has 0 unspecified atom stereocenters. The number of hydrogen-bond acceptors (Lipinski definition) is 9. The zero-order valence-corrected chi connectivity index (χ0v) is 18.7. The van der Waals surface area contributed by atoms with Gasteiger partial charge >= 0.3 is 5.97 Å². The van der Waals surface area contributed by atoms with Crippen molar-refractivity contribution in [3.8, 4) is 11.4 Å². The van der Waals surface area contributed by atoms with Crippen molar-refractivity contribution in [2.45, 2.75) is 41.6 Å². The predicted octanol–water partition coefficient (Wildman–Crippen LogP) is 3.79. The summed E-state index contributed by atoms with van der Waals surface area (Å²) in [5.74, 6) is 1.77. The van der Waals surface area contributed by atoms with E-state index in [-0.39, 0.29) is 11.2 Å². The molecule has 3 aromatic rings. The lowest BCUT2D eigenvalue weighted by Crippen LogP contribution is -2.20. The molecule has 0 saturated carbocycles. The summed E-state index contributed by atoms with van der Waals surface area (Å²) in [5.41, 5.74) is 0.881. The van der Waals surface area contributed by atoms with Crippen molar-refractivity contribution >= 4 is 29.5 Å². The van der Waals surface area contributed by atoms with Gasteiger partial charge in [-0.2, -0.15) is 0 Å². The minimum atomic E-state index is -0.357. The largest absolute Gasteiger partial charge is 0.497 e. The maximum Gasteiger partial charge on any atom is 0.319 e. The van der Waals surface area contributed by atoms with Crippen LogP contribution in [0, 0.1) is 0 Å². The SMILES string of the molecule is CCOC(=O)[C@H](CC)Sc1nnc(CSc2ncccn2)n1-c1ccc(OC)cc1. The van der Waals surface area contributed by atoms with Crippen molar-refractivity contribution in [2.75, 3.05) is 13.7 Å². The fourth-order valence-electron chi connectivity index (χ4n) is 2.61. The number of rotatable bonds is 10. The minimum absolute atomic E-state index is 0.247. The number of thioether (sulfide) groups is 2. The van der Waals surface area contributed by atoms with Crippen LogP contribution in [0.1, 0.15) is 26.1 Å². The molecule has 0 spiro atoms. The van der Waals surface area contributed by atoms with Crippen LogP contribution in [0.4, 0.5) is 0 Å². The molecule has 0 aliphatic rings. The first-order valence-electron chi connectivity index (χ1n) is 9.48. The Morgan fingerprint density at radius 2 is 1.87 bits per heavy atom. The van der Waals surface area contributed by atoms with E-state index in [1.54, 1.807) is 32.5 Å². The van der Waals surface area contributed by atoms with Gasteiger partial charge in [-0.1, -0.05) is 30.4 Å². The Kier molecular flexibility index (Phi) is 8.09. The van der Waals surface area contributed by atoms with Gasteiger partial charge in [0, 0.05) is 18.1 Å². The first kappa shape index (κ1) is 22.1. The van der Waals surface area contributed by atoms with E-state index in [1.807, 2.05) is 35.8 Å². The molecule has 8 nitrogen and oxygen atoms in total. The second-order valence-corrected chi connectivity index (χ2v) is 8.13. The molecule has 0 fully saturated rings. The Hall–Kier alpha value is -2.59. The Balaban J connectivity index is 1.91. The van der Waals surface area contributed by atoms with E-state index in [0.717, 1.165) is 17.3 Å². The molecular formula is C20H23N5O3S2. The minimum Gasteiger partial charge on any atom is -0.497 e. The standard InChI is InChI=1S/C20H23N5O3S2/c1-4-16(18(26)28-5-2)30-20-24-23-17(13-29-19-21-11-6-12-22-19)25(20)14-7-9-15(27-3)10-8-14/h6-12,16H,4-5,13H2,1-3H3/t16-/m0/s1. The third-order valence-electron chi connectivity index (χ3n) is 4.07. The summed E-state index contributed by atoms with van der Waals surface area (Å²) in [7, 11) is 1.63. The van der Waals surface area contributed by atoms with Gasteiger partial charge in [0.25, 0.3) is 0 Å². The summed E-state index contributed by atoms with van der Waals surface area (Å²) in [4.78, 5) is 20.8. The highest BCUT2D eigenvalue weighted by atomic mass is 32.2. The average molecular weight is 446 g/mol. The number of hydrogen-bond donors (Lipinski definition) is 0. The number of carbonyl (C=O) groups excluding carboxylic acids is 1. The predicted molar refractivity (Wildman–Crippen MR) is 116 cm³/mol. The normalized spacial score (nSPS) is 11.8. The topological polar surface area (TPSA) is 92.0 Å². The first-order chi connectivity index (χ1) is 14.7. The smallest absolute Gasteiger partial charge is 0.319 e. The van der Waals surface area contributed by atoms with E-state index in [4.69, 9.17) is 9.47 Å². The first-order valence-corrected chi connectivity index (χ1v) is 11.3. The molecule has 0 aliphatic heterocycles. The summed E-state index contributed by atoms with van der Waals surface area (Å²) in [6.07, 6.45) is 4.03. The maximum atomic E-state index is 12.3. The maximum absolute atomic E-state index is 12.3. The van der Waals surface area contributed by atoms with Crippen molar-refractivity contribution in [1.29, 1.82) is 0 Å². The second-order valence-electron chi connectivity index (χ2n) is 6.02. The van der Waals surface area contributed by atoms with E-state index in [2.05, 4.69) is 20.2 Å². The molecular weight excluding hydrogens is 422 g/mol. The Morgan fingerprint density at radius 3 is 2.50 bits per heavy atom. The zero-order chi connectivity index (χ0) is 21.3. The fraction of sp³-hybridized carbons (Fsp3) is 0.350. The molecule has 1 aromatic carbocycles. The molecule has 10 heteroatoms. The molecule has 0 radical (unpaired) electrons. The van der Waals surface area contributed by atoms with Crippen LogP contribution in [-0.4, -0.2) is 49.7 Å². The van der Waals surface area contributed by atoms with Crippen LogP contribution in [0.15, 0.2) is 53.0 Å². The van der Waals surface area contributed by atoms with Gasteiger partial charge < -0.3 is 9.47 Å². The van der Waals surface area contributed by atoms with Crippen LogP contribution < -0.4 is 4.74 Å². The van der Waals surface area contributed by atoms with Gasteiger partial charge in [0.1, 0.15) is 16.8 Å². The molecule has 0 amide bonds. The Morgan fingerprint density at radius 1 is 1.13 bits per heavy atom. The Bertz CT molecular complexity index is 951. The van der Waals surface area contributed by atoms with Crippen LogP contribution in [0.25, 0.3) is 5.69 Å². The van der Waals surface area contributed by atoms with E-state index in [0.29, 0.717) is 29.1 Å². The van der Waals surface area contributed by atoms with E-state index in [9.17, 15) is 4.79 Å². The van der Waals surface area contributed by atoms with Crippen LogP contribution in [0.3, 0.4) is 0 Å². The summed E-state index contributed by atoms with van der Waals surface area (Å²) < 4.78 is 12.4.